The molecule has 1 aromatic carbocycles. The van der Waals surface area contributed by atoms with Crippen molar-refractivity contribution in [2.45, 2.75) is 32.7 Å². The number of aromatic nitrogens is 2. The van der Waals surface area contributed by atoms with Crippen LogP contribution < -0.4 is 5.56 Å². The summed E-state index contributed by atoms with van der Waals surface area (Å²) in [5, 5.41) is 13.2. The summed E-state index contributed by atoms with van der Waals surface area (Å²) >= 11 is 1.28. The number of ether oxygens (including phenoxy) is 1. The van der Waals surface area contributed by atoms with Gasteiger partial charge in [-0.1, -0.05) is 26.0 Å². The summed E-state index contributed by atoms with van der Waals surface area (Å²) in [6.45, 7) is 3.98. The van der Waals surface area contributed by atoms with Gasteiger partial charge in [0, 0.05) is 23.1 Å². The Balaban J connectivity index is 2.12. The number of nitro groups is 1. The van der Waals surface area contributed by atoms with Crippen molar-refractivity contribution in [3.05, 3.63) is 56.4 Å². The molecule has 0 aliphatic rings. The minimum atomic E-state index is -0.770. The van der Waals surface area contributed by atoms with Crippen LogP contribution in [0.1, 0.15) is 32.7 Å². The number of esters is 1. The van der Waals surface area contributed by atoms with Crippen LogP contribution in [0.2, 0.25) is 0 Å². The van der Waals surface area contributed by atoms with Crippen molar-refractivity contribution in [1.82, 2.24) is 9.55 Å². The standard InChI is InChI=1S/C19H19N3O5S/c1-3-8-27-19(24)15(4-2)21-11-20-17-16(18(21)23)14(10-28-17)12-6-5-7-13(9-12)22(25)26/h5-7,9-11,15H,3-4,8H2,1-2H3. The van der Waals surface area contributed by atoms with E-state index < -0.39 is 16.9 Å². The van der Waals surface area contributed by atoms with E-state index in [2.05, 4.69) is 4.98 Å². The number of non-ortho nitro benzene ring substituents is 1. The monoisotopic (exact) mass is 401 g/mol. The van der Waals surface area contributed by atoms with Gasteiger partial charge in [-0.05, 0) is 18.4 Å². The molecule has 0 bridgehead atoms. The smallest absolute Gasteiger partial charge is 0.329 e. The molecule has 0 radical (unpaired) electrons. The van der Waals surface area contributed by atoms with Crippen LogP contribution in [-0.4, -0.2) is 27.1 Å². The van der Waals surface area contributed by atoms with Crippen LogP contribution in [0.4, 0.5) is 5.69 Å². The Hall–Kier alpha value is -3.07. The van der Waals surface area contributed by atoms with Gasteiger partial charge in [0.25, 0.3) is 11.2 Å². The van der Waals surface area contributed by atoms with Gasteiger partial charge in [0.15, 0.2) is 0 Å². The molecular weight excluding hydrogens is 382 g/mol. The molecule has 0 N–H and O–H groups in total. The zero-order valence-corrected chi connectivity index (χ0v) is 16.3. The maximum absolute atomic E-state index is 13.2. The lowest BCUT2D eigenvalue weighted by molar-refractivity contribution is -0.384. The highest BCUT2D eigenvalue weighted by Crippen LogP contribution is 2.32. The van der Waals surface area contributed by atoms with Crippen molar-refractivity contribution in [2.24, 2.45) is 0 Å². The van der Waals surface area contributed by atoms with E-state index in [4.69, 9.17) is 4.74 Å². The summed E-state index contributed by atoms with van der Waals surface area (Å²) in [5.41, 5.74) is 0.690. The summed E-state index contributed by atoms with van der Waals surface area (Å²) in [5.74, 6) is -0.472. The highest BCUT2D eigenvalue weighted by Gasteiger charge is 2.24. The number of nitro benzene ring substituents is 1. The third-order valence-corrected chi connectivity index (χ3v) is 5.22. The summed E-state index contributed by atoms with van der Waals surface area (Å²) < 4.78 is 6.49. The van der Waals surface area contributed by atoms with Crippen LogP contribution in [0, 0.1) is 10.1 Å². The molecule has 0 aliphatic carbocycles. The molecule has 146 valence electrons. The summed E-state index contributed by atoms with van der Waals surface area (Å²) in [6.07, 6.45) is 2.43. The Bertz CT molecular complexity index is 1090. The number of benzene rings is 1. The average Bonchev–Trinajstić information content (AvgIpc) is 3.13. The Morgan fingerprint density at radius 1 is 1.39 bits per heavy atom. The SMILES string of the molecule is CCCOC(=O)C(CC)n1cnc2scc(-c3cccc([N+](=O)[O-])c3)c2c1=O. The van der Waals surface area contributed by atoms with Crippen molar-refractivity contribution < 1.29 is 14.5 Å². The Labute approximate surface area is 164 Å². The number of thiophene rings is 1. The van der Waals surface area contributed by atoms with Gasteiger partial charge in [-0.15, -0.1) is 11.3 Å². The number of fused-ring (bicyclic) bond motifs is 1. The number of hydrogen-bond acceptors (Lipinski definition) is 7. The number of carbonyl (C=O) groups is 1. The average molecular weight is 401 g/mol. The number of carbonyl (C=O) groups excluding carboxylic acids is 1. The van der Waals surface area contributed by atoms with Crippen LogP contribution in [0.3, 0.4) is 0 Å². The molecule has 3 aromatic rings. The Kier molecular flexibility index (Phi) is 5.84. The molecule has 8 nitrogen and oxygen atoms in total. The van der Waals surface area contributed by atoms with E-state index in [-0.39, 0.29) is 17.9 Å². The van der Waals surface area contributed by atoms with Crippen molar-refractivity contribution in [3.63, 3.8) is 0 Å². The minimum Gasteiger partial charge on any atom is -0.464 e. The van der Waals surface area contributed by atoms with E-state index in [0.29, 0.717) is 34.2 Å². The van der Waals surface area contributed by atoms with Gasteiger partial charge in [0.2, 0.25) is 0 Å². The summed E-state index contributed by atoms with van der Waals surface area (Å²) in [6, 6.07) is 5.33. The lowest BCUT2D eigenvalue weighted by Crippen LogP contribution is -2.31. The molecule has 0 aliphatic heterocycles. The van der Waals surface area contributed by atoms with Gasteiger partial charge in [-0.3, -0.25) is 19.5 Å². The van der Waals surface area contributed by atoms with Gasteiger partial charge in [-0.25, -0.2) is 9.78 Å². The second-order valence-electron chi connectivity index (χ2n) is 6.19. The first-order valence-corrected chi connectivity index (χ1v) is 9.75. The lowest BCUT2D eigenvalue weighted by atomic mass is 10.1. The van der Waals surface area contributed by atoms with Crippen LogP contribution in [0.5, 0.6) is 0 Å². The van der Waals surface area contributed by atoms with Gasteiger partial charge < -0.3 is 4.74 Å². The van der Waals surface area contributed by atoms with Crippen molar-refractivity contribution in [3.8, 4) is 11.1 Å². The molecule has 0 saturated heterocycles. The van der Waals surface area contributed by atoms with Crippen LogP contribution in [0.25, 0.3) is 21.3 Å². The van der Waals surface area contributed by atoms with E-state index in [1.807, 2.05) is 6.92 Å². The van der Waals surface area contributed by atoms with Gasteiger partial charge >= 0.3 is 5.97 Å². The van der Waals surface area contributed by atoms with E-state index in [9.17, 15) is 19.7 Å². The predicted molar refractivity (Wildman–Crippen MR) is 107 cm³/mol. The van der Waals surface area contributed by atoms with Gasteiger partial charge in [0.05, 0.1) is 23.2 Å². The Morgan fingerprint density at radius 3 is 2.86 bits per heavy atom. The number of rotatable bonds is 7. The second kappa shape index (κ2) is 8.30. The fraction of sp³-hybridized carbons (Fsp3) is 0.316. The van der Waals surface area contributed by atoms with Crippen LogP contribution in [0.15, 0.2) is 40.8 Å². The first-order valence-electron chi connectivity index (χ1n) is 8.87. The Morgan fingerprint density at radius 2 is 2.18 bits per heavy atom. The van der Waals surface area contributed by atoms with Gasteiger partial charge in [-0.2, -0.15) is 0 Å². The topological polar surface area (TPSA) is 104 Å². The fourth-order valence-electron chi connectivity index (χ4n) is 2.94. The maximum Gasteiger partial charge on any atom is 0.329 e. The zero-order valence-electron chi connectivity index (χ0n) is 15.5. The first kappa shape index (κ1) is 19.7. The zero-order chi connectivity index (χ0) is 20.3. The number of hydrogen-bond donors (Lipinski definition) is 0. The predicted octanol–water partition coefficient (Wildman–Crippen LogP) is 3.94. The third kappa shape index (κ3) is 3.65. The van der Waals surface area contributed by atoms with Crippen molar-refractivity contribution >= 4 is 33.2 Å². The molecule has 2 aromatic heterocycles. The maximum atomic E-state index is 13.2. The molecule has 0 amide bonds. The normalized spacial score (nSPS) is 12.1. The van der Waals surface area contributed by atoms with E-state index in [0.717, 1.165) is 0 Å². The lowest BCUT2D eigenvalue weighted by Gasteiger charge is -2.16. The molecule has 2 heterocycles. The fourth-order valence-corrected chi connectivity index (χ4v) is 3.85. The molecular formula is C19H19N3O5S. The number of nitrogens with zero attached hydrogens (tertiary/aromatic N) is 3. The second-order valence-corrected chi connectivity index (χ2v) is 7.04. The molecule has 9 heteroatoms. The van der Waals surface area contributed by atoms with Crippen molar-refractivity contribution in [2.75, 3.05) is 6.61 Å². The molecule has 28 heavy (non-hydrogen) atoms. The molecule has 1 unspecified atom stereocenters. The van der Waals surface area contributed by atoms with E-state index in [1.54, 1.807) is 24.4 Å². The highest BCUT2D eigenvalue weighted by molar-refractivity contribution is 7.17. The minimum absolute atomic E-state index is 0.0596. The summed E-state index contributed by atoms with van der Waals surface area (Å²) in [7, 11) is 0. The quantitative estimate of drug-likeness (QED) is 0.337. The molecule has 0 spiro atoms. The van der Waals surface area contributed by atoms with Crippen LogP contribution in [-0.2, 0) is 9.53 Å². The highest BCUT2D eigenvalue weighted by atomic mass is 32.1. The molecule has 0 saturated carbocycles. The van der Waals surface area contributed by atoms with Crippen LogP contribution >= 0.6 is 11.3 Å². The van der Waals surface area contributed by atoms with E-state index in [1.165, 1.54) is 34.4 Å². The van der Waals surface area contributed by atoms with Gasteiger partial charge in [0.1, 0.15) is 10.9 Å². The third-order valence-electron chi connectivity index (χ3n) is 4.33. The molecule has 0 fully saturated rings. The largest absolute Gasteiger partial charge is 0.464 e. The van der Waals surface area contributed by atoms with Crippen molar-refractivity contribution in [1.29, 1.82) is 0 Å². The molecule has 1 atom stereocenters. The van der Waals surface area contributed by atoms with E-state index >= 15 is 0 Å². The summed E-state index contributed by atoms with van der Waals surface area (Å²) in [4.78, 5) is 40.9. The first-order chi connectivity index (χ1) is 13.5. The molecule has 3 rings (SSSR count).